The van der Waals surface area contributed by atoms with Gasteiger partial charge in [0.25, 0.3) is 5.91 Å². The molecule has 2 aliphatic rings. The van der Waals surface area contributed by atoms with Crippen LogP contribution < -0.4 is 20.5 Å². The number of aromatic nitrogens is 1. The SMILES string of the molecule is COc1c(N2CCN(C)CC2)c(F)cc2c(=O)c(C(=O)N/N=C\c3cccc(O)c3)cn(C3CC3)c12. The molecule has 2 aromatic carbocycles. The minimum Gasteiger partial charge on any atom is -0.508 e. The van der Waals surface area contributed by atoms with E-state index in [1.807, 2.05) is 16.5 Å². The summed E-state index contributed by atoms with van der Waals surface area (Å²) < 4.78 is 23.1. The van der Waals surface area contributed by atoms with E-state index in [1.165, 1.54) is 37.7 Å². The van der Waals surface area contributed by atoms with Gasteiger partial charge < -0.3 is 24.2 Å². The summed E-state index contributed by atoms with van der Waals surface area (Å²) in [4.78, 5) is 30.4. The van der Waals surface area contributed by atoms with Crippen LogP contribution in [0.25, 0.3) is 10.9 Å². The zero-order chi connectivity index (χ0) is 25.4. The fourth-order valence-corrected chi connectivity index (χ4v) is 4.59. The minimum absolute atomic E-state index is 0.0686. The summed E-state index contributed by atoms with van der Waals surface area (Å²) in [7, 11) is 3.50. The summed E-state index contributed by atoms with van der Waals surface area (Å²) in [6.45, 7) is 2.86. The Balaban J connectivity index is 1.56. The number of pyridine rings is 1. The first-order chi connectivity index (χ1) is 17.4. The number of rotatable bonds is 6. The summed E-state index contributed by atoms with van der Waals surface area (Å²) in [5.41, 5.74) is 3.07. The minimum atomic E-state index is -0.699. The highest BCUT2D eigenvalue weighted by atomic mass is 19.1. The highest BCUT2D eigenvalue weighted by Crippen LogP contribution is 2.43. The summed E-state index contributed by atoms with van der Waals surface area (Å²) in [6.07, 6.45) is 4.66. The number of fused-ring (bicyclic) bond motifs is 1. The van der Waals surface area contributed by atoms with Crippen molar-refractivity contribution in [3.05, 3.63) is 63.7 Å². The van der Waals surface area contributed by atoms with Crippen molar-refractivity contribution in [1.82, 2.24) is 14.9 Å². The lowest BCUT2D eigenvalue weighted by Gasteiger charge is -2.35. The van der Waals surface area contributed by atoms with E-state index in [4.69, 9.17) is 4.74 Å². The van der Waals surface area contributed by atoms with E-state index in [9.17, 15) is 14.7 Å². The van der Waals surface area contributed by atoms with Gasteiger partial charge in [-0.25, -0.2) is 9.82 Å². The lowest BCUT2D eigenvalue weighted by molar-refractivity contribution is 0.0953. The monoisotopic (exact) mass is 493 g/mol. The molecule has 0 spiro atoms. The molecule has 36 heavy (non-hydrogen) atoms. The fraction of sp³-hybridized carbons (Fsp3) is 0.346. The van der Waals surface area contributed by atoms with Crippen LogP contribution >= 0.6 is 0 Å². The second kappa shape index (κ2) is 9.62. The molecule has 1 aliphatic carbocycles. The number of carbonyl (C=O) groups is 1. The van der Waals surface area contributed by atoms with Gasteiger partial charge in [0.1, 0.15) is 17.0 Å². The van der Waals surface area contributed by atoms with Crippen molar-refractivity contribution < 1.29 is 19.0 Å². The maximum Gasteiger partial charge on any atom is 0.276 e. The average Bonchev–Trinajstić information content (AvgIpc) is 3.70. The number of hydrogen-bond donors (Lipinski definition) is 2. The molecule has 0 radical (unpaired) electrons. The number of phenols is 1. The van der Waals surface area contributed by atoms with E-state index in [0.29, 0.717) is 35.6 Å². The van der Waals surface area contributed by atoms with Gasteiger partial charge in [-0.15, -0.1) is 0 Å². The number of ether oxygens (including phenoxy) is 1. The molecule has 1 aliphatic heterocycles. The number of methoxy groups -OCH3 is 1. The van der Waals surface area contributed by atoms with E-state index in [0.717, 1.165) is 25.9 Å². The van der Waals surface area contributed by atoms with Crippen LogP contribution in [0.3, 0.4) is 0 Å². The van der Waals surface area contributed by atoms with E-state index in [-0.39, 0.29) is 22.7 Å². The van der Waals surface area contributed by atoms with Gasteiger partial charge in [0.2, 0.25) is 5.43 Å². The van der Waals surface area contributed by atoms with E-state index >= 15 is 4.39 Å². The first kappa shape index (κ1) is 23.8. The van der Waals surface area contributed by atoms with Gasteiger partial charge in [-0.2, -0.15) is 5.10 Å². The summed E-state index contributed by atoms with van der Waals surface area (Å²) in [5.74, 6) is -0.871. The molecule has 188 valence electrons. The third-order valence-electron chi connectivity index (χ3n) is 6.66. The van der Waals surface area contributed by atoms with Crippen LogP contribution in [0.1, 0.15) is 34.8 Å². The number of nitrogens with one attached hydrogen (secondary N) is 1. The summed E-state index contributed by atoms with van der Waals surface area (Å²) in [6, 6.07) is 7.68. The first-order valence-corrected chi connectivity index (χ1v) is 11.9. The van der Waals surface area contributed by atoms with Crippen LogP contribution in [0, 0.1) is 5.82 Å². The molecular weight excluding hydrogens is 465 g/mol. The van der Waals surface area contributed by atoms with Crippen molar-refractivity contribution in [2.45, 2.75) is 18.9 Å². The normalized spacial score (nSPS) is 16.6. The second-order valence-corrected chi connectivity index (χ2v) is 9.23. The Kier molecular flexibility index (Phi) is 6.36. The highest BCUT2D eigenvalue weighted by Gasteiger charge is 2.31. The number of carbonyl (C=O) groups excluding carboxylic acids is 1. The second-order valence-electron chi connectivity index (χ2n) is 9.23. The van der Waals surface area contributed by atoms with Gasteiger partial charge in [-0.05, 0) is 43.7 Å². The van der Waals surface area contributed by atoms with Crippen molar-refractivity contribution in [3.8, 4) is 11.5 Å². The number of piperazine rings is 1. The highest BCUT2D eigenvalue weighted by molar-refractivity contribution is 6.00. The van der Waals surface area contributed by atoms with E-state index < -0.39 is 17.2 Å². The number of nitrogens with zero attached hydrogens (tertiary/aromatic N) is 4. The van der Waals surface area contributed by atoms with Crippen LogP contribution in [0.4, 0.5) is 10.1 Å². The smallest absolute Gasteiger partial charge is 0.276 e. The first-order valence-electron chi connectivity index (χ1n) is 11.9. The number of halogens is 1. The molecule has 0 unspecified atom stereocenters. The Labute approximate surface area is 207 Å². The van der Waals surface area contributed by atoms with Crippen LogP contribution in [0.5, 0.6) is 11.5 Å². The molecule has 10 heteroatoms. The molecule has 2 heterocycles. The zero-order valence-electron chi connectivity index (χ0n) is 20.2. The molecule has 5 rings (SSSR count). The van der Waals surface area contributed by atoms with E-state index in [1.54, 1.807) is 12.1 Å². The van der Waals surface area contributed by atoms with Gasteiger partial charge in [0, 0.05) is 38.4 Å². The Morgan fingerprint density at radius 3 is 2.64 bits per heavy atom. The molecule has 3 aromatic rings. The molecular formula is C26H28FN5O4. The molecule has 0 bridgehead atoms. The van der Waals surface area contributed by atoms with Crippen LogP contribution in [0.15, 0.2) is 46.4 Å². The third-order valence-corrected chi connectivity index (χ3v) is 6.66. The quantitative estimate of drug-likeness (QED) is 0.405. The number of anilines is 1. The topological polar surface area (TPSA) is 99.4 Å². The van der Waals surface area contributed by atoms with Crippen molar-refractivity contribution >= 4 is 28.7 Å². The number of hydrogen-bond acceptors (Lipinski definition) is 7. The number of hydrazone groups is 1. The molecule has 1 aromatic heterocycles. The average molecular weight is 494 g/mol. The summed E-state index contributed by atoms with van der Waals surface area (Å²) in [5, 5.41) is 13.6. The Morgan fingerprint density at radius 2 is 1.97 bits per heavy atom. The van der Waals surface area contributed by atoms with Gasteiger partial charge in [-0.1, -0.05) is 12.1 Å². The Morgan fingerprint density at radius 1 is 1.22 bits per heavy atom. The predicted octanol–water partition coefficient (Wildman–Crippen LogP) is 2.71. The largest absolute Gasteiger partial charge is 0.508 e. The van der Waals surface area contributed by atoms with Gasteiger partial charge >= 0.3 is 0 Å². The third kappa shape index (κ3) is 4.51. The zero-order valence-corrected chi connectivity index (χ0v) is 20.2. The summed E-state index contributed by atoms with van der Waals surface area (Å²) >= 11 is 0. The lowest BCUT2D eigenvalue weighted by Crippen LogP contribution is -2.45. The van der Waals surface area contributed by atoms with Crippen molar-refractivity contribution in [3.63, 3.8) is 0 Å². The lowest BCUT2D eigenvalue weighted by atomic mass is 10.1. The van der Waals surface area contributed by atoms with Crippen molar-refractivity contribution in [2.75, 3.05) is 45.2 Å². The van der Waals surface area contributed by atoms with E-state index in [2.05, 4.69) is 15.4 Å². The molecule has 1 saturated carbocycles. The number of phenolic OH excluding ortho intramolecular Hbond substituents is 1. The fourth-order valence-electron chi connectivity index (χ4n) is 4.59. The standard InChI is InChI=1S/C26H28FN5O4/c1-30-8-10-31(11-9-30)23-21(27)13-19-22(25(23)36-2)32(17-6-7-17)15-20(24(19)34)26(35)29-28-14-16-4-3-5-18(33)12-16/h3-5,12-15,17,33H,6-11H2,1-2H3,(H,29,35)/b28-14-. The van der Waals surface area contributed by atoms with Crippen molar-refractivity contribution in [2.24, 2.45) is 5.10 Å². The molecule has 1 saturated heterocycles. The Hall–Kier alpha value is -3.92. The van der Waals surface area contributed by atoms with Crippen LogP contribution in [0.2, 0.25) is 0 Å². The number of aromatic hydroxyl groups is 1. The van der Waals surface area contributed by atoms with Crippen LogP contribution in [-0.2, 0) is 0 Å². The molecule has 9 nitrogen and oxygen atoms in total. The molecule has 1 amide bonds. The predicted molar refractivity (Wildman–Crippen MR) is 136 cm³/mol. The number of amides is 1. The molecule has 2 fully saturated rings. The van der Waals surface area contributed by atoms with Crippen LogP contribution in [-0.4, -0.2) is 67.0 Å². The number of likely N-dealkylation sites (N-methyl/N-ethyl adjacent to an activating group) is 1. The molecule has 2 N–H and O–H groups in total. The van der Waals surface area contributed by atoms with Gasteiger partial charge in [0.15, 0.2) is 11.6 Å². The maximum absolute atomic E-state index is 15.5. The van der Waals surface area contributed by atoms with Gasteiger partial charge in [-0.3, -0.25) is 9.59 Å². The molecule has 0 atom stereocenters. The Bertz CT molecular complexity index is 1410. The maximum atomic E-state index is 15.5. The van der Waals surface area contributed by atoms with Crippen molar-refractivity contribution in [1.29, 1.82) is 0 Å². The number of benzene rings is 2. The van der Waals surface area contributed by atoms with Gasteiger partial charge in [0.05, 0.1) is 24.2 Å².